The number of hydrogen-bond donors (Lipinski definition) is 2. The Morgan fingerprint density at radius 1 is 1.67 bits per heavy atom. The van der Waals surface area contributed by atoms with Crippen LogP contribution in [-0.2, 0) is 4.79 Å². The molecule has 0 rings (SSSR count). The SMILES string of the molecule is CCNCC(C=O)NC. The molecular weight excluding hydrogens is 116 g/mol. The van der Waals surface area contributed by atoms with Crippen molar-refractivity contribution in [3.05, 3.63) is 0 Å². The fourth-order valence-electron chi connectivity index (χ4n) is 0.518. The van der Waals surface area contributed by atoms with E-state index in [4.69, 9.17) is 0 Å². The molecule has 1 atom stereocenters. The molecule has 3 heteroatoms. The standard InChI is InChI=1S/C6H14N2O/c1-3-8-4-6(5-9)7-2/h5-8H,3-4H2,1-2H3. The largest absolute Gasteiger partial charge is 0.315 e. The molecule has 0 aliphatic carbocycles. The lowest BCUT2D eigenvalue weighted by atomic mass is 10.3. The molecule has 54 valence electrons. The van der Waals surface area contributed by atoms with Gasteiger partial charge in [-0.25, -0.2) is 0 Å². The van der Waals surface area contributed by atoms with Gasteiger partial charge in [-0.15, -0.1) is 0 Å². The second-order valence-corrected chi connectivity index (χ2v) is 1.84. The predicted octanol–water partition coefficient (Wildman–Crippen LogP) is -0.617. The number of carbonyl (C=O) groups is 1. The summed E-state index contributed by atoms with van der Waals surface area (Å²) >= 11 is 0. The molecule has 0 saturated heterocycles. The highest BCUT2D eigenvalue weighted by Gasteiger charge is 1.99. The molecule has 0 aliphatic rings. The van der Waals surface area contributed by atoms with Gasteiger partial charge in [0.25, 0.3) is 0 Å². The maximum absolute atomic E-state index is 10.1. The van der Waals surface area contributed by atoms with Gasteiger partial charge in [-0.2, -0.15) is 0 Å². The zero-order chi connectivity index (χ0) is 7.11. The van der Waals surface area contributed by atoms with Crippen LogP contribution in [0.1, 0.15) is 6.92 Å². The van der Waals surface area contributed by atoms with E-state index in [9.17, 15) is 4.79 Å². The first-order valence-corrected chi connectivity index (χ1v) is 3.18. The Bertz CT molecular complexity index is 75.5. The van der Waals surface area contributed by atoms with Gasteiger partial charge in [0.2, 0.25) is 0 Å². The molecule has 3 nitrogen and oxygen atoms in total. The van der Waals surface area contributed by atoms with Gasteiger partial charge in [-0.3, -0.25) is 0 Å². The molecule has 2 N–H and O–H groups in total. The number of nitrogens with one attached hydrogen (secondary N) is 2. The maximum Gasteiger partial charge on any atom is 0.138 e. The fraction of sp³-hybridized carbons (Fsp3) is 0.833. The van der Waals surface area contributed by atoms with E-state index in [0.29, 0.717) is 0 Å². The third kappa shape index (κ3) is 4.12. The molecular formula is C6H14N2O. The quantitative estimate of drug-likeness (QED) is 0.487. The first kappa shape index (κ1) is 8.59. The molecule has 0 fully saturated rings. The summed E-state index contributed by atoms with van der Waals surface area (Å²) < 4.78 is 0. The molecule has 1 unspecified atom stereocenters. The van der Waals surface area contributed by atoms with Crippen molar-refractivity contribution in [2.45, 2.75) is 13.0 Å². The molecule has 0 aromatic rings. The Balaban J connectivity index is 3.20. The molecule has 0 aromatic heterocycles. The van der Waals surface area contributed by atoms with E-state index < -0.39 is 0 Å². The monoisotopic (exact) mass is 130 g/mol. The highest BCUT2D eigenvalue weighted by atomic mass is 16.1. The van der Waals surface area contributed by atoms with Crippen molar-refractivity contribution in [3.8, 4) is 0 Å². The van der Waals surface area contributed by atoms with E-state index in [1.807, 2.05) is 6.92 Å². The summed E-state index contributed by atoms with van der Waals surface area (Å²) in [7, 11) is 1.77. The minimum Gasteiger partial charge on any atom is -0.315 e. The Labute approximate surface area is 55.8 Å². The molecule has 0 radical (unpaired) electrons. The number of hydrogen-bond acceptors (Lipinski definition) is 3. The Morgan fingerprint density at radius 3 is 2.67 bits per heavy atom. The van der Waals surface area contributed by atoms with Crippen LogP contribution in [0, 0.1) is 0 Å². The van der Waals surface area contributed by atoms with E-state index in [2.05, 4.69) is 10.6 Å². The Kier molecular flexibility index (Phi) is 5.46. The average molecular weight is 130 g/mol. The molecule has 0 amide bonds. The van der Waals surface area contributed by atoms with Crippen LogP contribution in [0.15, 0.2) is 0 Å². The van der Waals surface area contributed by atoms with Crippen LogP contribution < -0.4 is 10.6 Å². The van der Waals surface area contributed by atoms with Crippen molar-refractivity contribution in [3.63, 3.8) is 0 Å². The summed E-state index contributed by atoms with van der Waals surface area (Å²) in [6.45, 7) is 3.64. The third-order valence-corrected chi connectivity index (χ3v) is 1.15. The zero-order valence-corrected chi connectivity index (χ0v) is 5.98. The van der Waals surface area contributed by atoms with Crippen LogP contribution in [0.2, 0.25) is 0 Å². The molecule has 0 bridgehead atoms. The first-order chi connectivity index (χ1) is 4.35. The number of carbonyl (C=O) groups excluding carboxylic acids is 1. The molecule has 0 spiro atoms. The summed E-state index contributed by atoms with van der Waals surface area (Å²) in [5.74, 6) is 0. The van der Waals surface area contributed by atoms with E-state index in [1.165, 1.54) is 0 Å². The van der Waals surface area contributed by atoms with E-state index >= 15 is 0 Å². The topological polar surface area (TPSA) is 41.1 Å². The Morgan fingerprint density at radius 2 is 2.33 bits per heavy atom. The summed E-state index contributed by atoms with van der Waals surface area (Å²) in [6, 6.07) is -0.0371. The lowest BCUT2D eigenvalue weighted by molar-refractivity contribution is -0.109. The van der Waals surface area contributed by atoms with Crippen LogP contribution in [0.4, 0.5) is 0 Å². The van der Waals surface area contributed by atoms with Gasteiger partial charge in [-0.1, -0.05) is 6.92 Å². The highest BCUT2D eigenvalue weighted by Crippen LogP contribution is 1.70. The maximum atomic E-state index is 10.1. The summed E-state index contributed by atoms with van der Waals surface area (Å²) in [6.07, 6.45) is 0.905. The van der Waals surface area contributed by atoms with Gasteiger partial charge in [-0.05, 0) is 13.6 Å². The smallest absolute Gasteiger partial charge is 0.138 e. The van der Waals surface area contributed by atoms with Crippen molar-refractivity contribution in [2.24, 2.45) is 0 Å². The van der Waals surface area contributed by atoms with Gasteiger partial charge in [0.1, 0.15) is 6.29 Å². The number of aldehydes is 1. The van der Waals surface area contributed by atoms with Gasteiger partial charge < -0.3 is 15.4 Å². The van der Waals surface area contributed by atoms with Crippen LogP contribution >= 0.6 is 0 Å². The average Bonchev–Trinajstić information content (AvgIpc) is 1.91. The van der Waals surface area contributed by atoms with E-state index in [0.717, 1.165) is 19.4 Å². The summed E-state index contributed by atoms with van der Waals surface area (Å²) in [4.78, 5) is 10.1. The predicted molar refractivity (Wildman–Crippen MR) is 37.5 cm³/mol. The normalized spacial score (nSPS) is 13.1. The second kappa shape index (κ2) is 5.72. The summed E-state index contributed by atoms with van der Waals surface area (Å²) in [5.41, 5.74) is 0. The molecule has 0 saturated carbocycles. The van der Waals surface area contributed by atoms with Crippen LogP contribution in [0.5, 0.6) is 0 Å². The van der Waals surface area contributed by atoms with Gasteiger partial charge >= 0.3 is 0 Å². The van der Waals surface area contributed by atoms with Crippen molar-refractivity contribution >= 4 is 6.29 Å². The minimum absolute atomic E-state index is 0.0371. The minimum atomic E-state index is -0.0371. The Hall–Kier alpha value is -0.410. The van der Waals surface area contributed by atoms with Crippen molar-refractivity contribution in [1.29, 1.82) is 0 Å². The number of rotatable bonds is 5. The van der Waals surface area contributed by atoms with Gasteiger partial charge in [0, 0.05) is 6.54 Å². The van der Waals surface area contributed by atoms with Crippen LogP contribution in [0.3, 0.4) is 0 Å². The highest BCUT2D eigenvalue weighted by molar-refractivity contribution is 5.57. The van der Waals surface area contributed by atoms with Crippen molar-refractivity contribution in [1.82, 2.24) is 10.6 Å². The van der Waals surface area contributed by atoms with Gasteiger partial charge in [0.05, 0.1) is 6.04 Å². The lowest BCUT2D eigenvalue weighted by Crippen LogP contribution is -2.37. The van der Waals surface area contributed by atoms with E-state index in [1.54, 1.807) is 7.05 Å². The van der Waals surface area contributed by atoms with Crippen LogP contribution in [-0.4, -0.2) is 32.5 Å². The fourth-order valence-corrected chi connectivity index (χ4v) is 0.518. The molecule has 0 aliphatic heterocycles. The molecule has 0 heterocycles. The molecule has 0 aromatic carbocycles. The first-order valence-electron chi connectivity index (χ1n) is 3.18. The summed E-state index contributed by atoms with van der Waals surface area (Å²) in [5, 5.41) is 5.91. The lowest BCUT2D eigenvalue weighted by Gasteiger charge is -2.07. The van der Waals surface area contributed by atoms with Gasteiger partial charge in [0.15, 0.2) is 0 Å². The van der Waals surface area contributed by atoms with Crippen molar-refractivity contribution in [2.75, 3.05) is 20.1 Å². The second-order valence-electron chi connectivity index (χ2n) is 1.84. The third-order valence-electron chi connectivity index (χ3n) is 1.15. The molecule has 9 heavy (non-hydrogen) atoms. The number of likely N-dealkylation sites (N-methyl/N-ethyl adjacent to an activating group) is 2. The van der Waals surface area contributed by atoms with Crippen LogP contribution in [0.25, 0.3) is 0 Å². The zero-order valence-electron chi connectivity index (χ0n) is 5.98. The van der Waals surface area contributed by atoms with Crippen molar-refractivity contribution < 1.29 is 4.79 Å². The van der Waals surface area contributed by atoms with E-state index in [-0.39, 0.29) is 6.04 Å².